The molecule has 0 aliphatic heterocycles. The molecule has 0 heterocycles. The van der Waals surface area contributed by atoms with E-state index >= 15 is 0 Å². The molecule has 0 unspecified atom stereocenters. The highest BCUT2D eigenvalue weighted by Crippen LogP contribution is 2.14. The second-order valence-corrected chi connectivity index (χ2v) is 7.25. The Morgan fingerprint density at radius 2 is 2.00 bits per heavy atom. The van der Waals surface area contributed by atoms with Crippen molar-refractivity contribution >= 4 is 27.6 Å². The van der Waals surface area contributed by atoms with Crippen LogP contribution >= 0.6 is 11.6 Å². The van der Waals surface area contributed by atoms with Crippen LogP contribution in [0.2, 0.25) is 5.02 Å². The number of rotatable bonds is 6. The van der Waals surface area contributed by atoms with Crippen molar-refractivity contribution in [2.45, 2.75) is 12.3 Å². The smallest absolute Gasteiger partial charge is 0.337 e. The van der Waals surface area contributed by atoms with Crippen LogP contribution in [0.25, 0.3) is 0 Å². The quantitative estimate of drug-likeness (QED) is 0.792. The maximum Gasteiger partial charge on any atom is 0.337 e. The minimum Gasteiger partial charge on any atom is -0.465 e. The summed E-state index contributed by atoms with van der Waals surface area (Å²) in [5, 5.41) is 0.437. The van der Waals surface area contributed by atoms with Gasteiger partial charge in [0.1, 0.15) is 5.82 Å². The predicted octanol–water partition coefficient (Wildman–Crippen LogP) is 2.89. The van der Waals surface area contributed by atoms with E-state index in [4.69, 9.17) is 11.6 Å². The van der Waals surface area contributed by atoms with E-state index in [2.05, 4.69) is 9.46 Å². The Hall–Kier alpha value is -1.96. The van der Waals surface area contributed by atoms with Gasteiger partial charge in [0.05, 0.1) is 18.4 Å². The van der Waals surface area contributed by atoms with Gasteiger partial charge in [0, 0.05) is 17.1 Å². The number of sulfonamides is 1. The molecule has 0 fully saturated rings. The summed E-state index contributed by atoms with van der Waals surface area (Å²) in [5.41, 5.74) is 0.703. The van der Waals surface area contributed by atoms with E-state index in [-0.39, 0.29) is 23.4 Å². The first-order chi connectivity index (χ1) is 11.3. The van der Waals surface area contributed by atoms with E-state index in [1.54, 1.807) is 24.3 Å². The fourth-order valence-electron chi connectivity index (χ4n) is 2.02. The Labute approximate surface area is 144 Å². The molecule has 24 heavy (non-hydrogen) atoms. The highest BCUT2D eigenvalue weighted by molar-refractivity contribution is 7.88. The Morgan fingerprint density at radius 1 is 1.25 bits per heavy atom. The first-order valence-corrected chi connectivity index (χ1v) is 8.92. The molecule has 0 aromatic heterocycles. The van der Waals surface area contributed by atoms with Gasteiger partial charge in [-0.3, -0.25) is 0 Å². The van der Waals surface area contributed by atoms with Gasteiger partial charge in [-0.05, 0) is 29.8 Å². The molecule has 0 aliphatic rings. The van der Waals surface area contributed by atoms with Crippen molar-refractivity contribution in [3.63, 3.8) is 0 Å². The number of benzene rings is 2. The Morgan fingerprint density at radius 3 is 2.62 bits per heavy atom. The average Bonchev–Trinajstić information content (AvgIpc) is 2.52. The van der Waals surface area contributed by atoms with E-state index in [1.165, 1.54) is 19.2 Å². The van der Waals surface area contributed by atoms with Crippen LogP contribution in [0.5, 0.6) is 0 Å². The number of ether oxygens (including phenoxy) is 1. The van der Waals surface area contributed by atoms with Crippen molar-refractivity contribution in [3.05, 3.63) is 70.0 Å². The first kappa shape index (κ1) is 18.4. The van der Waals surface area contributed by atoms with E-state index < -0.39 is 21.8 Å². The molecule has 0 saturated heterocycles. The number of carbonyl (C=O) groups is 1. The van der Waals surface area contributed by atoms with Crippen LogP contribution in [-0.2, 0) is 27.1 Å². The summed E-state index contributed by atoms with van der Waals surface area (Å²) in [6.45, 7) is -0.226. The molecule has 2 aromatic carbocycles. The molecule has 0 bridgehead atoms. The van der Waals surface area contributed by atoms with Crippen LogP contribution in [-0.4, -0.2) is 21.5 Å². The fourth-order valence-corrected chi connectivity index (χ4v) is 3.33. The molecular formula is C16H15ClFNO4S. The lowest BCUT2D eigenvalue weighted by molar-refractivity contribution is 0.0600. The van der Waals surface area contributed by atoms with Crippen LogP contribution in [0, 0.1) is 5.82 Å². The molecule has 0 radical (unpaired) electrons. The molecule has 0 spiro atoms. The van der Waals surface area contributed by atoms with Gasteiger partial charge in [-0.2, -0.15) is 0 Å². The summed E-state index contributed by atoms with van der Waals surface area (Å²) >= 11 is 5.82. The normalized spacial score (nSPS) is 11.3. The SMILES string of the molecule is COC(=O)c1ccc(CNS(=O)(=O)Cc2cccc(Cl)c2)c(F)c1. The molecule has 0 amide bonds. The van der Waals surface area contributed by atoms with Gasteiger partial charge in [-0.1, -0.05) is 29.8 Å². The third kappa shape index (κ3) is 5.02. The van der Waals surface area contributed by atoms with Crippen molar-refractivity contribution in [1.82, 2.24) is 4.72 Å². The largest absolute Gasteiger partial charge is 0.465 e. The number of halogens is 2. The maximum absolute atomic E-state index is 13.9. The molecule has 1 N–H and O–H groups in total. The molecule has 2 aromatic rings. The summed E-state index contributed by atoms with van der Waals surface area (Å²) in [7, 11) is -2.47. The summed E-state index contributed by atoms with van der Waals surface area (Å²) in [6.07, 6.45) is 0. The van der Waals surface area contributed by atoms with Crippen LogP contribution in [0.15, 0.2) is 42.5 Å². The Balaban J connectivity index is 2.05. The third-order valence-electron chi connectivity index (χ3n) is 3.20. The van der Waals surface area contributed by atoms with Crippen molar-refractivity contribution in [2.75, 3.05) is 7.11 Å². The fraction of sp³-hybridized carbons (Fsp3) is 0.188. The molecule has 0 atom stereocenters. The van der Waals surface area contributed by atoms with Gasteiger partial charge in [0.2, 0.25) is 10.0 Å². The van der Waals surface area contributed by atoms with Crippen LogP contribution < -0.4 is 4.72 Å². The molecule has 2 rings (SSSR count). The minimum atomic E-state index is -3.66. The molecule has 0 saturated carbocycles. The van der Waals surface area contributed by atoms with Gasteiger partial charge < -0.3 is 4.74 Å². The second-order valence-electron chi connectivity index (χ2n) is 5.01. The molecular weight excluding hydrogens is 357 g/mol. The highest BCUT2D eigenvalue weighted by atomic mass is 35.5. The van der Waals surface area contributed by atoms with Crippen molar-refractivity contribution in [3.8, 4) is 0 Å². The van der Waals surface area contributed by atoms with E-state index in [0.29, 0.717) is 10.6 Å². The highest BCUT2D eigenvalue weighted by Gasteiger charge is 2.14. The summed E-state index contributed by atoms with van der Waals surface area (Å²) in [4.78, 5) is 11.3. The van der Waals surface area contributed by atoms with Gasteiger partial charge >= 0.3 is 5.97 Å². The summed E-state index contributed by atoms with van der Waals surface area (Å²) < 4.78 is 44.9. The lowest BCUT2D eigenvalue weighted by Gasteiger charge is -2.09. The number of hydrogen-bond donors (Lipinski definition) is 1. The van der Waals surface area contributed by atoms with Gasteiger partial charge in [0.25, 0.3) is 0 Å². The van der Waals surface area contributed by atoms with E-state index in [9.17, 15) is 17.6 Å². The zero-order chi connectivity index (χ0) is 17.7. The van der Waals surface area contributed by atoms with Crippen LogP contribution in [0.3, 0.4) is 0 Å². The second kappa shape index (κ2) is 7.74. The van der Waals surface area contributed by atoms with Gasteiger partial charge in [0.15, 0.2) is 0 Å². The molecule has 8 heteroatoms. The number of methoxy groups -OCH3 is 1. The number of hydrogen-bond acceptors (Lipinski definition) is 4. The number of carbonyl (C=O) groups excluding carboxylic acids is 1. The maximum atomic E-state index is 13.9. The van der Waals surface area contributed by atoms with E-state index in [1.807, 2.05) is 0 Å². The Kier molecular flexibility index (Phi) is 5.93. The summed E-state index contributed by atoms with van der Waals surface area (Å²) in [5.74, 6) is -1.62. The standard InChI is InChI=1S/C16H15ClFNO4S/c1-23-16(20)12-5-6-13(15(18)8-12)9-19-24(21,22)10-11-3-2-4-14(17)7-11/h2-8,19H,9-10H2,1H3. The molecule has 128 valence electrons. The van der Waals surface area contributed by atoms with E-state index in [0.717, 1.165) is 6.07 Å². The lowest BCUT2D eigenvalue weighted by Crippen LogP contribution is -2.25. The van der Waals surface area contributed by atoms with Gasteiger partial charge in [-0.15, -0.1) is 0 Å². The number of esters is 1. The topological polar surface area (TPSA) is 72.5 Å². The third-order valence-corrected chi connectivity index (χ3v) is 4.74. The van der Waals surface area contributed by atoms with Crippen LogP contribution in [0.1, 0.15) is 21.5 Å². The Bertz CT molecular complexity index is 855. The van der Waals surface area contributed by atoms with Gasteiger partial charge in [-0.25, -0.2) is 22.3 Å². The average molecular weight is 372 g/mol. The van der Waals surface area contributed by atoms with Crippen LogP contribution in [0.4, 0.5) is 4.39 Å². The molecule has 5 nitrogen and oxygen atoms in total. The van der Waals surface area contributed by atoms with Crippen molar-refractivity contribution in [1.29, 1.82) is 0 Å². The monoisotopic (exact) mass is 371 g/mol. The first-order valence-electron chi connectivity index (χ1n) is 6.89. The van der Waals surface area contributed by atoms with Crippen molar-refractivity contribution in [2.24, 2.45) is 0 Å². The van der Waals surface area contributed by atoms with Crippen molar-refractivity contribution < 1.29 is 22.3 Å². The predicted molar refractivity (Wildman–Crippen MR) is 88.7 cm³/mol. The minimum absolute atomic E-state index is 0.0561. The zero-order valence-electron chi connectivity index (χ0n) is 12.8. The summed E-state index contributed by atoms with van der Waals surface area (Å²) in [6, 6.07) is 10.2. The molecule has 0 aliphatic carbocycles. The number of nitrogens with one attached hydrogen (secondary N) is 1. The zero-order valence-corrected chi connectivity index (χ0v) is 14.3. The lowest BCUT2D eigenvalue weighted by atomic mass is 10.1.